The summed E-state index contributed by atoms with van der Waals surface area (Å²) >= 11 is 0. The lowest BCUT2D eigenvalue weighted by Gasteiger charge is -2.34. The summed E-state index contributed by atoms with van der Waals surface area (Å²) in [5.74, 6) is 0.220. The van der Waals surface area contributed by atoms with Gasteiger partial charge in [0.2, 0.25) is 10.0 Å². The van der Waals surface area contributed by atoms with Crippen LogP contribution in [0.25, 0.3) is 0 Å². The van der Waals surface area contributed by atoms with Crippen molar-refractivity contribution >= 4 is 27.7 Å². The molecule has 0 unspecified atom stereocenters. The number of aryl methyl sites for hydroxylation is 3. The van der Waals surface area contributed by atoms with Gasteiger partial charge in [-0.15, -0.1) is 0 Å². The zero-order chi connectivity index (χ0) is 25.4. The molecule has 0 radical (unpaired) electrons. The summed E-state index contributed by atoms with van der Waals surface area (Å²) in [5, 5.41) is 5.53. The maximum Gasteiger partial charge on any atom is 0.253 e. The van der Waals surface area contributed by atoms with Crippen molar-refractivity contribution in [3.63, 3.8) is 0 Å². The summed E-state index contributed by atoms with van der Waals surface area (Å²) < 4.78 is 27.6. The normalized spacial score (nSPS) is 17.8. The number of piperidine rings is 1. The molecule has 2 N–H and O–H groups in total. The second-order valence-electron chi connectivity index (χ2n) is 9.38. The van der Waals surface area contributed by atoms with Gasteiger partial charge in [0.05, 0.1) is 5.75 Å². The number of benzene rings is 2. The number of sulfonamides is 1. The largest absolute Gasteiger partial charge is 0.355 e. The third kappa shape index (κ3) is 4.88. The topological polar surface area (TPSA) is 108 Å². The average Bonchev–Trinajstić information content (AvgIpc) is 3.14. The Kier molecular flexibility index (Phi) is 6.83. The molecular weight excluding hydrogens is 464 g/mol. The molecular formula is C26H32N4O4S. The molecule has 0 bridgehead atoms. The van der Waals surface area contributed by atoms with Crippen LogP contribution in [-0.4, -0.2) is 61.8 Å². The second kappa shape index (κ2) is 9.54. The van der Waals surface area contributed by atoms with Crippen molar-refractivity contribution in [3.8, 4) is 0 Å². The van der Waals surface area contributed by atoms with E-state index in [-0.39, 0.29) is 30.7 Å². The first-order chi connectivity index (χ1) is 16.6. The summed E-state index contributed by atoms with van der Waals surface area (Å²) in [6, 6.07) is 11.2. The van der Waals surface area contributed by atoms with Crippen LogP contribution in [0.3, 0.4) is 0 Å². The molecule has 1 spiro atoms. The summed E-state index contributed by atoms with van der Waals surface area (Å²) in [7, 11) is -1.92. The van der Waals surface area contributed by atoms with E-state index >= 15 is 0 Å². The second-order valence-corrected chi connectivity index (χ2v) is 11.5. The number of hydrogen-bond acceptors (Lipinski definition) is 5. The molecule has 1 saturated heterocycles. The van der Waals surface area contributed by atoms with Crippen molar-refractivity contribution in [1.29, 1.82) is 0 Å². The highest BCUT2D eigenvalue weighted by Gasteiger charge is 2.47. The number of aliphatic imine (C=N–C) groups is 1. The molecule has 8 nitrogen and oxygen atoms in total. The van der Waals surface area contributed by atoms with Gasteiger partial charge in [0.15, 0.2) is 0 Å². The van der Waals surface area contributed by atoms with Gasteiger partial charge in [-0.05, 0) is 74.4 Å². The first kappa shape index (κ1) is 25.1. The standard InChI is InChI=1S/C26H32N4O4S/c1-17-6-5-7-22(19(17)3)23-28-25(32)26(29-23)11-13-30(14-12-26)35(33,34)15-10-20-8-9-21(16-18(20)2)24(31)27-4/h5-9,16H,10-15H2,1-4H3,(H,27,31)(H,28,29,32). The molecule has 2 aromatic rings. The van der Waals surface area contributed by atoms with Gasteiger partial charge in [-0.25, -0.2) is 12.7 Å². The van der Waals surface area contributed by atoms with Crippen LogP contribution in [0.5, 0.6) is 0 Å². The fourth-order valence-corrected chi connectivity index (χ4v) is 6.23. The van der Waals surface area contributed by atoms with Crippen molar-refractivity contribution in [3.05, 3.63) is 69.8 Å². The van der Waals surface area contributed by atoms with Crippen molar-refractivity contribution in [2.75, 3.05) is 25.9 Å². The van der Waals surface area contributed by atoms with Crippen LogP contribution in [-0.2, 0) is 21.2 Å². The lowest BCUT2D eigenvalue weighted by Crippen LogP contribution is -2.50. The van der Waals surface area contributed by atoms with E-state index < -0.39 is 15.6 Å². The fourth-order valence-electron chi connectivity index (χ4n) is 4.75. The molecule has 186 valence electrons. The summed E-state index contributed by atoms with van der Waals surface area (Å²) in [6.07, 6.45) is 1.07. The molecule has 1 fully saturated rings. The van der Waals surface area contributed by atoms with Gasteiger partial charge >= 0.3 is 0 Å². The molecule has 4 rings (SSSR count). The van der Waals surface area contributed by atoms with Gasteiger partial charge in [0, 0.05) is 31.3 Å². The van der Waals surface area contributed by atoms with E-state index in [0.717, 1.165) is 27.8 Å². The smallest absolute Gasteiger partial charge is 0.253 e. The van der Waals surface area contributed by atoms with Gasteiger partial charge in [-0.1, -0.05) is 24.3 Å². The minimum absolute atomic E-state index is 0.0244. The number of carbonyl (C=O) groups is 2. The quantitative estimate of drug-likeness (QED) is 0.640. The SMILES string of the molecule is CNC(=O)c1ccc(CCS(=O)(=O)N2CCC3(CC2)N=C(c2cccc(C)c2C)NC3=O)c(C)c1. The summed E-state index contributed by atoms with van der Waals surface area (Å²) in [4.78, 5) is 29.5. The minimum atomic E-state index is -3.50. The van der Waals surface area contributed by atoms with Crippen molar-refractivity contribution in [2.45, 2.75) is 45.6 Å². The van der Waals surface area contributed by atoms with Crippen LogP contribution in [0, 0.1) is 20.8 Å². The van der Waals surface area contributed by atoms with Crippen LogP contribution < -0.4 is 10.6 Å². The third-order valence-corrected chi connectivity index (χ3v) is 9.12. The Morgan fingerprint density at radius 2 is 1.83 bits per heavy atom. The number of nitrogens with one attached hydrogen (secondary N) is 2. The Labute approximate surface area is 206 Å². The number of carbonyl (C=O) groups excluding carboxylic acids is 2. The third-order valence-electron chi connectivity index (χ3n) is 7.24. The molecule has 0 atom stereocenters. The van der Waals surface area contributed by atoms with Gasteiger partial charge in [-0.3, -0.25) is 14.6 Å². The number of rotatable bonds is 6. The number of hydrogen-bond donors (Lipinski definition) is 2. The highest BCUT2D eigenvalue weighted by molar-refractivity contribution is 7.89. The molecule has 2 amide bonds. The zero-order valence-electron chi connectivity index (χ0n) is 20.6. The van der Waals surface area contributed by atoms with Crippen LogP contribution in [0.2, 0.25) is 0 Å². The predicted octanol–water partition coefficient (Wildman–Crippen LogP) is 2.25. The van der Waals surface area contributed by atoms with E-state index in [1.807, 2.05) is 45.0 Å². The zero-order valence-corrected chi connectivity index (χ0v) is 21.5. The highest BCUT2D eigenvalue weighted by atomic mass is 32.2. The Morgan fingerprint density at radius 3 is 2.49 bits per heavy atom. The maximum atomic E-state index is 13.1. The van der Waals surface area contributed by atoms with E-state index in [0.29, 0.717) is 30.7 Å². The van der Waals surface area contributed by atoms with E-state index in [4.69, 9.17) is 4.99 Å². The average molecular weight is 497 g/mol. The fraction of sp³-hybridized carbons (Fsp3) is 0.423. The molecule has 2 aliphatic heterocycles. The molecule has 0 aliphatic carbocycles. The number of nitrogens with zero attached hydrogens (tertiary/aromatic N) is 2. The Morgan fingerprint density at radius 1 is 1.11 bits per heavy atom. The Hall–Kier alpha value is -3.04. The monoisotopic (exact) mass is 496 g/mol. The number of amidine groups is 1. The summed E-state index contributed by atoms with van der Waals surface area (Å²) in [5.41, 5.74) is 4.52. The van der Waals surface area contributed by atoms with Gasteiger partial charge in [0.1, 0.15) is 11.4 Å². The van der Waals surface area contributed by atoms with Crippen molar-refractivity contribution < 1.29 is 18.0 Å². The Balaban J connectivity index is 1.42. The minimum Gasteiger partial charge on any atom is -0.355 e. The van der Waals surface area contributed by atoms with Crippen molar-refractivity contribution in [1.82, 2.24) is 14.9 Å². The molecule has 2 heterocycles. The lowest BCUT2D eigenvalue weighted by atomic mass is 9.89. The van der Waals surface area contributed by atoms with Gasteiger partial charge < -0.3 is 10.6 Å². The van der Waals surface area contributed by atoms with Crippen molar-refractivity contribution in [2.24, 2.45) is 4.99 Å². The van der Waals surface area contributed by atoms with Gasteiger partial charge in [0.25, 0.3) is 11.8 Å². The predicted molar refractivity (Wildman–Crippen MR) is 136 cm³/mol. The highest BCUT2D eigenvalue weighted by Crippen LogP contribution is 2.33. The van der Waals surface area contributed by atoms with Crippen LogP contribution in [0.15, 0.2) is 41.4 Å². The lowest BCUT2D eigenvalue weighted by molar-refractivity contribution is -0.124. The molecule has 9 heteroatoms. The molecule has 0 saturated carbocycles. The molecule has 2 aromatic carbocycles. The summed E-state index contributed by atoms with van der Waals surface area (Å²) in [6.45, 7) is 6.42. The first-order valence-electron chi connectivity index (χ1n) is 11.8. The van der Waals surface area contributed by atoms with Crippen LogP contribution in [0.4, 0.5) is 0 Å². The molecule has 0 aromatic heterocycles. The van der Waals surface area contributed by atoms with E-state index in [2.05, 4.69) is 10.6 Å². The van der Waals surface area contributed by atoms with E-state index in [9.17, 15) is 18.0 Å². The first-order valence-corrected chi connectivity index (χ1v) is 13.4. The molecule has 2 aliphatic rings. The van der Waals surface area contributed by atoms with Crippen LogP contribution in [0.1, 0.15) is 51.0 Å². The number of amides is 2. The van der Waals surface area contributed by atoms with E-state index in [1.165, 1.54) is 4.31 Å². The maximum absolute atomic E-state index is 13.1. The van der Waals surface area contributed by atoms with Crippen LogP contribution >= 0.6 is 0 Å². The van der Waals surface area contributed by atoms with Gasteiger partial charge in [-0.2, -0.15) is 0 Å². The molecule has 35 heavy (non-hydrogen) atoms. The van der Waals surface area contributed by atoms with E-state index in [1.54, 1.807) is 19.2 Å². The Bertz CT molecular complexity index is 1310.